The van der Waals surface area contributed by atoms with Crippen molar-refractivity contribution in [1.29, 1.82) is 5.26 Å². The van der Waals surface area contributed by atoms with Gasteiger partial charge in [0.15, 0.2) is 0 Å². The third-order valence-electron chi connectivity index (χ3n) is 1.18. The van der Waals surface area contributed by atoms with E-state index in [-0.39, 0.29) is 4.83 Å². The van der Waals surface area contributed by atoms with Crippen LogP contribution in [0.1, 0.15) is 21.9 Å². The van der Waals surface area contributed by atoms with Crippen molar-refractivity contribution in [2.45, 2.75) is 18.2 Å². The van der Waals surface area contributed by atoms with Gasteiger partial charge in [0.1, 0.15) is 5.01 Å². The minimum absolute atomic E-state index is 0.103. The van der Waals surface area contributed by atoms with Crippen molar-refractivity contribution in [3.8, 4) is 6.07 Å². The van der Waals surface area contributed by atoms with Crippen LogP contribution in [-0.4, -0.2) is 4.98 Å². The summed E-state index contributed by atoms with van der Waals surface area (Å²) in [4.78, 5) is 4.35. The third-order valence-corrected chi connectivity index (χ3v) is 3.31. The Balaban J connectivity index is 2.70. The van der Waals surface area contributed by atoms with E-state index in [1.54, 1.807) is 11.3 Å². The van der Waals surface area contributed by atoms with Gasteiger partial charge in [0.2, 0.25) is 0 Å². The molecule has 0 aliphatic rings. The average Bonchev–Trinajstić information content (AvgIpc) is 2.36. The first-order chi connectivity index (χ1) is 5.24. The zero-order chi connectivity index (χ0) is 8.27. The van der Waals surface area contributed by atoms with E-state index in [9.17, 15) is 0 Å². The molecule has 1 heterocycles. The summed E-state index contributed by atoms with van der Waals surface area (Å²) in [7, 11) is 0. The molecule has 0 N–H and O–H groups in total. The maximum atomic E-state index is 8.40. The van der Waals surface area contributed by atoms with Gasteiger partial charge < -0.3 is 0 Å². The van der Waals surface area contributed by atoms with E-state index >= 15 is 0 Å². The van der Waals surface area contributed by atoms with Gasteiger partial charge in [-0.05, 0) is 6.92 Å². The van der Waals surface area contributed by atoms with Crippen LogP contribution < -0.4 is 0 Å². The highest BCUT2D eigenvalue weighted by Gasteiger charge is 2.09. The molecule has 1 unspecified atom stereocenters. The van der Waals surface area contributed by atoms with Crippen LogP contribution in [0, 0.1) is 18.3 Å². The van der Waals surface area contributed by atoms with Gasteiger partial charge >= 0.3 is 0 Å². The van der Waals surface area contributed by atoms with Crippen LogP contribution in [0.5, 0.6) is 0 Å². The molecular weight excluding hydrogens is 224 g/mol. The molecular formula is C7H7BrN2S. The summed E-state index contributed by atoms with van der Waals surface area (Å²) in [5, 5.41) is 11.4. The van der Waals surface area contributed by atoms with Gasteiger partial charge in [-0.1, -0.05) is 15.9 Å². The molecule has 1 aromatic rings. The van der Waals surface area contributed by atoms with Gasteiger partial charge in [0.05, 0.1) is 17.3 Å². The second-order valence-corrected chi connectivity index (χ2v) is 4.15. The number of aryl methyl sites for hydroxylation is 1. The molecule has 58 valence electrons. The minimum atomic E-state index is 0.103. The van der Waals surface area contributed by atoms with Crippen molar-refractivity contribution in [3.63, 3.8) is 0 Å². The molecule has 0 spiro atoms. The third kappa shape index (κ3) is 2.28. The maximum Gasteiger partial charge on any atom is 0.108 e. The second-order valence-electron chi connectivity index (χ2n) is 2.16. The summed E-state index contributed by atoms with van der Waals surface area (Å²) in [6.45, 7) is 1.95. The molecule has 2 nitrogen and oxygen atoms in total. The van der Waals surface area contributed by atoms with E-state index in [0.29, 0.717) is 6.42 Å². The van der Waals surface area contributed by atoms with Crippen LogP contribution in [0.4, 0.5) is 0 Å². The summed E-state index contributed by atoms with van der Waals surface area (Å²) in [6.07, 6.45) is 0.479. The van der Waals surface area contributed by atoms with Crippen LogP contribution >= 0.6 is 27.3 Å². The molecule has 0 bridgehead atoms. The Bertz CT molecular complexity index is 276. The lowest BCUT2D eigenvalue weighted by Gasteiger charge is -1.97. The number of halogens is 1. The number of nitriles is 1. The highest BCUT2D eigenvalue weighted by Crippen LogP contribution is 2.28. The lowest BCUT2D eigenvalue weighted by molar-refractivity contribution is 0.967. The first-order valence-electron chi connectivity index (χ1n) is 3.17. The largest absolute Gasteiger partial charge is 0.245 e. The smallest absolute Gasteiger partial charge is 0.108 e. The van der Waals surface area contributed by atoms with Gasteiger partial charge in [-0.2, -0.15) is 5.26 Å². The number of aromatic nitrogens is 1. The SMILES string of the molecule is Cc1csc(C(Br)CC#N)n1. The number of hydrogen-bond donors (Lipinski definition) is 0. The zero-order valence-corrected chi connectivity index (χ0v) is 8.44. The van der Waals surface area contributed by atoms with Crippen LogP contribution in [0.15, 0.2) is 5.38 Å². The zero-order valence-electron chi connectivity index (χ0n) is 6.04. The normalized spacial score (nSPS) is 12.5. The molecule has 0 aliphatic heterocycles. The molecule has 0 aliphatic carbocycles. The van der Waals surface area contributed by atoms with Crippen molar-refractivity contribution >= 4 is 27.3 Å². The van der Waals surface area contributed by atoms with Gasteiger partial charge in [-0.15, -0.1) is 11.3 Å². The van der Waals surface area contributed by atoms with Gasteiger partial charge in [0.25, 0.3) is 0 Å². The Morgan fingerprint density at radius 2 is 2.64 bits per heavy atom. The molecule has 0 aromatic carbocycles. The molecule has 1 atom stereocenters. The standard InChI is InChI=1S/C7H7BrN2S/c1-5-4-11-7(10-5)6(8)2-3-9/h4,6H,2H2,1H3. The van der Waals surface area contributed by atoms with Crippen molar-refractivity contribution in [2.24, 2.45) is 0 Å². The fraction of sp³-hybridized carbons (Fsp3) is 0.429. The molecule has 0 amide bonds. The maximum absolute atomic E-state index is 8.40. The van der Waals surface area contributed by atoms with E-state index in [1.807, 2.05) is 12.3 Å². The number of nitrogens with zero attached hydrogens (tertiary/aromatic N) is 2. The van der Waals surface area contributed by atoms with E-state index in [1.165, 1.54) is 0 Å². The first-order valence-corrected chi connectivity index (χ1v) is 4.96. The van der Waals surface area contributed by atoms with E-state index in [0.717, 1.165) is 10.7 Å². The highest BCUT2D eigenvalue weighted by atomic mass is 79.9. The number of hydrogen-bond acceptors (Lipinski definition) is 3. The quantitative estimate of drug-likeness (QED) is 0.734. The van der Waals surface area contributed by atoms with E-state index in [4.69, 9.17) is 5.26 Å². The molecule has 11 heavy (non-hydrogen) atoms. The van der Waals surface area contributed by atoms with Crippen LogP contribution in [-0.2, 0) is 0 Å². The predicted molar refractivity (Wildman–Crippen MR) is 48.7 cm³/mol. The Labute approximate surface area is 78.0 Å². The monoisotopic (exact) mass is 230 g/mol. The molecule has 0 saturated carbocycles. The molecule has 0 fully saturated rings. The topological polar surface area (TPSA) is 36.7 Å². The lowest BCUT2D eigenvalue weighted by Crippen LogP contribution is -1.86. The van der Waals surface area contributed by atoms with Crippen LogP contribution in [0.3, 0.4) is 0 Å². The minimum Gasteiger partial charge on any atom is -0.245 e. The molecule has 0 saturated heterocycles. The first kappa shape index (κ1) is 8.69. The fourth-order valence-electron chi connectivity index (χ4n) is 0.683. The van der Waals surface area contributed by atoms with E-state index in [2.05, 4.69) is 27.0 Å². The van der Waals surface area contributed by atoms with E-state index < -0.39 is 0 Å². The van der Waals surface area contributed by atoms with Gasteiger partial charge in [-0.25, -0.2) is 4.98 Å². The van der Waals surface area contributed by atoms with Gasteiger partial charge in [-0.3, -0.25) is 0 Å². The molecule has 4 heteroatoms. The molecule has 1 aromatic heterocycles. The van der Waals surface area contributed by atoms with Gasteiger partial charge in [0, 0.05) is 11.1 Å². The number of thiazole rings is 1. The van der Waals surface area contributed by atoms with Crippen molar-refractivity contribution < 1.29 is 0 Å². The highest BCUT2D eigenvalue weighted by molar-refractivity contribution is 9.09. The Morgan fingerprint density at radius 1 is 1.91 bits per heavy atom. The Morgan fingerprint density at radius 3 is 3.09 bits per heavy atom. The fourth-order valence-corrected chi connectivity index (χ4v) is 2.03. The number of alkyl halides is 1. The molecule has 0 radical (unpaired) electrons. The predicted octanol–water partition coefficient (Wildman–Crippen LogP) is 2.80. The average molecular weight is 231 g/mol. The van der Waals surface area contributed by atoms with Crippen molar-refractivity contribution in [3.05, 3.63) is 16.1 Å². The number of rotatable bonds is 2. The molecule has 1 rings (SSSR count). The Hall–Kier alpha value is -0.400. The second kappa shape index (κ2) is 3.84. The van der Waals surface area contributed by atoms with Crippen molar-refractivity contribution in [2.75, 3.05) is 0 Å². The van der Waals surface area contributed by atoms with Crippen molar-refractivity contribution in [1.82, 2.24) is 4.98 Å². The van der Waals surface area contributed by atoms with Crippen LogP contribution in [0.25, 0.3) is 0 Å². The van der Waals surface area contributed by atoms with Crippen LogP contribution in [0.2, 0.25) is 0 Å². The summed E-state index contributed by atoms with van der Waals surface area (Å²) in [5.41, 5.74) is 1.02. The summed E-state index contributed by atoms with van der Waals surface area (Å²) >= 11 is 4.97. The summed E-state index contributed by atoms with van der Waals surface area (Å²) < 4.78 is 0. The summed E-state index contributed by atoms with van der Waals surface area (Å²) in [5.74, 6) is 0. The lowest BCUT2D eigenvalue weighted by atomic mass is 10.3. The summed E-state index contributed by atoms with van der Waals surface area (Å²) in [6, 6.07) is 2.09. The Kier molecular flexibility index (Phi) is 3.03.